The number of hydrogen-bond acceptors (Lipinski definition) is 3. The Morgan fingerprint density at radius 1 is 1.00 bits per heavy atom. The van der Waals surface area contributed by atoms with E-state index in [2.05, 4.69) is 15.8 Å². The summed E-state index contributed by atoms with van der Waals surface area (Å²) in [5, 5.41) is 7.21. The number of rotatable bonds is 5. The summed E-state index contributed by atoms with van der Waals surface area (Å²) in [6.45, 7) is 3.44. The molecule has 0 saturated carbocycles. The number of allylic oxidation sites excluding steroid dienone is 1. The van der Waals surface area contributed by atoms with Crippen molar-refractivity contribution in [1.82, 2.24) is 10.7 Å². The van der Waals surface area contributed by atoms with Crippen molar-refractivity contribution in [3.8, 4) is 0 Å². The molecule has 7 heteroatoms. The van der Waals surface area contributed by atoms with Gasteiger partial charge in [0.15, 0.2) is 0 Å². The van der Waals surface area contributed by atoms with Crippen molar-refractivity contribution in [2.45, 2.75) is 13.8 Å². The minimum atomic E-state index is -0.538. The standard InChI is InChI=1S/C19H17Cl2N3O2/c1-12(2)17(23-18(25)13-7-4-3-5-8-13)19(26)24-22-11-14-9-6-10-15(20)16(14)21/h3-11H,1-2H3,(H,23,25)(H,24,26)/b22-11-. The normalized spacial score (nSPS) is 10.5. The highest BCUT2D eigenvalue weighted by molar-refractivity contribution is 6.43. The van der Waals surface area contributed by atoms with Crippen LogP contribution in [0.5, 0.6) is 0 Å². The summed E-state index contributed by atoms with van der Waals surface area (Å²) < 4.78 is 0. The molecule has 2 N–H and O–H groups in total. The molecule has 2 aromatic rings. The fourth-order valence-electron chi connectivity index (χ4n) is 2.02. The molecule has 2 aromatic carbocycles. The Morgan fingerprint density at radius 3 is 2.35 bits per heavy atom. The average Bonchev–Trinajstić information content (AvgIpc) is 2.63. The largest absolute Gasteiger partial charge is 0.317 e. The number of carbonyl (C=O) groups excluding carboxylic acids is 2. The van der Waals surface area contributed by atoms with Gasteiger partial charge in [-0.3, -0.25) is 9.59 Å². The Morgan fingerprint density at radius 2 is 1.69 bits per heavy atom. The molecule has 0 atom stereocenters. The quantitative estimate of drug-likeness (QED) is 0.457. The van der Waals surface area contributed by atoms with Crippen molar-refractivity contribution >= 4 is 41.2 Å². The number of hydrazone groups is 1. The fraction of sp³-hybridized carbons (Fsp3) is 0.105. The van der Waals surface area contributed by atoms with Crippen LogP contribution in [0.3, 0.4) is 0 Å². The van der Waals surface area contributed by atoms with Gasteiger partial charge < -0.3 is 5.32 Å². The first-order valence-corrected chi connectivity index (χ1v) is 8.47. The maximum Gasteiger partial charge on any atom is 0.287 e. The Balaban J connectivity index is 2.07. The molecule has 0 aromatic heterocycles. The molecule has 0 aliphatic rings. The van der Waals surface area contributed by atoms with Crippen LogP contribution >= 0.6 is 23.2 Å². The summed E-state index contributed by atoms with van der Waals surface area (Å²) in [4.78, 5) is 24.6. The highest BCUT2D eigenvalue weighted by atomic mass is 35.5. The fourth-order valence-corrected chi connectivity index (χ4v) is 2.38. The highest BCUT2D eigenvalue weighted by Gasteiger charge is 2.15. The zero-order valence-electron chi connectivity index (χ0n) is 14.2. The van der Waals surface area contributed by atoms with Crippen molar-refractivity contribution in [1.29, 1.82) is 0 Å². The van der Waals surface area contributed by atoms with E-state index in [1.54, 1.807) is 62.4 Å². The van der Waals surface area contributed by atoms with Gasteiger partial charge in [0.1, 0.15) is 5.70 Å². The second kappa shape index (κ2) is 9.17. The van der Waals surface area contributed by atoms with E-state index in [4.69, 9.17) is 23.2 Å². The molecule has 0 spiro atoms. The van der Waals surface area contributed by atoms with Gasteiger partial charge in [-0.15, -0.1) is 0 Å². The molecule has 0 bridgehead atoms. The average molecular weight is 390 g/mol. The van der Waals surface area contributed by atoms with Gasteiger partial charge in [0.25, 0.3) is 11.8 Å². The van der Waals surface area contributed by atoms with E-state index in [9.17, 15) is 9.59 Å². The molecule has 0 unspecified atom stereocenters. The summed E-state index contributed by atoms with van der Waals surface area (Å²) in [6.07, 6.45) is 1.38. The topological polar surface area (TPSA) is 70.6 Å². The van der Waals surface area contributed by atoms with Gasteiger partial charge in [-0.25, -0.2) is 5.43 Å². The highest BCUT2D eigenvalue weighted by Crippen LogP contribution is 2.24. The molecule has 2 rings (SSSR count). The first-order chi connectivity index (χ1) is 12.4. The third-order valence-electron chi connectivity index (χ3n) is 3.35. The van der Waals surface area contributed by atoms with E-state index >= 15 is 0 Å². The first kappa shape index (κ1) is 19.7. The van der Waals surface area contributed by atoms with Crippen LogP contribution < -0.4 is 10.7 Å². The molecule has 26 heavy (non-hydrogen) atoms. The molecule has 2 amide bonds. The summed E-state index contributed by atoms with van der Waals surface area (Å²) >= 11 is 12.0. The van der Waals surface area contributed by atoms with Crippen molar-refractivity contribution < 1.29 is 9.59 Å². The van der Waals surface area contributed by atoms with E-state index in [0.717, 1.165) is 0 Å². The molecule has 0 heterocycles. The predicted molar refractivity (Wildman–Crippen MR) is 104 cm³/mol. The molecule has 0 fully saturated rings. The van der Waals surface area contributed by atoms with E-state index in [-0.39, 0.29) is 11.6 Å². The van der Waals surface area contributed by atoms with Gasteiger partial charge in [-0.1, -0.05) is 53.5 Å². The maximum atomic E-state index is 12.3. The zero-order valence-corrected chi connectivity index (χ0v) is 15.7. The number of amides is 2. The van der Waals surface area contributed by atoms with E-state index in [0.29, 0.717) is 26.7 Å². The van der Waals surface area contributed by atoms with Crippen molar-refractivity contribution in [3.63, 3.8) is 0 Å². The van der Waals surface area contributed by atoms with Crippen LogP contribution in [0.1, 0.15) is 29.8 Å². The number of halogens is 2. The minimum absolute atomic E-state index is 0.133. The molecule has 0 saturated heterocycles. The molecule has 0 aliphatic carbocycles. The van der Waals surface area contributed by atoms with Gasteiger partial charge in [0.2, 0.25) is 0 Å². The van der Waals surface area contributed by atoms with Gasteiger partial charge >= 0.3 is 0 Å². The second-order valence-corrected chi connectivity index (χ2v) is 6.32. The first-order valence-electron chi connectivity index (χ1n) is 7.71. The summed E-state index contributed by atoms with van der Waals surface area (Å²) in [6, 6.07) is 13.7. The van der Waals surface area contributed by atoms with E-state index < -0.39 is 5.91 Å². The predicted octanol–water partition coefficient (Wildman–Crippen LogP) is 4.17. The zero-order chi connectivity index (χ0) is 19.1. The number of nitrogens with one attached hydrogen (secondary N) is 2. The third-order valence-corrected chi connectivity index (χ3v) is 4.19. The van der Waals surface area contributed by atoms with Gasteiger partial charge in [-0.05, 0) is 37.6 Å². The van der Waals surface area contributed by atoms with Crippen molar-refractivity contribution in [2.75, 3.05) is 0 Å². The van der Waals surface area contributed by atoms with Gasteiger partial charge in [0.05, 0.1) is 16.3 Å². The molecule has 5 nitrogen and oxygen atoms in total. The van der Waals surface area contributed by atoms with Crippen LogP contribution in [0.15, 0.2) is 64.9 Å². The third kappa shape index (κ3) is 5.18. The molecule has 134 valence electrons. The lowest BCUT2D eigenvalue weighted by atomic mass is 10.2. The van der Waals surface area contributed by atoms with Crippen molar-refractivity contribution in [3.05, 3.63) is 81.0 Å². The summed E-state index contributed by atoms with van der Waals surface area (Å²) in [7, 11) is 0. The monoisotopic (exact) mass is 389 g/mol. The van der Waals surface area contributed by atoms with Crippen LogP contribution in [-0.4, -0.2) is 18.0 Å². The molecule has 0 aliphatic heterocycles. The van der Waals surface area contributed by atoms with Gasteiger partial charge in [0, 0.05) is 11.1 Å². The Bertz CT molecular complexity index is 874. The molecule has 0 radical (unpaired) electrons. The Kier molecular flexibility index (Phi) is 6.95. The van der Waals surface area contributed by atoms with Crippen LogP contribution in [0.4, 0.5) is 0 Å². The smallest absolute Gasteiger partial charge is 0.287 e. The van der Waals surface area contributed by atoms with E-state index in [1.165, 1.54) is 6.21 Å². The summed E-state index contributed by atoms with van der Waals surface area (Å²) in [5.41, 5.74) is 4.16. The number of nitrogens with zero attached hydrogens (tertiary/aromatic N) is 1. The van der Waals surface area contributed by atoms with E-state index in [1.807, 2.05) is 0 Å². The van der Waals surface area contributed by atoms with Crippen LogP contribution in [0, 0.1) is 0 Å². The number of benzene rings is 2. The van der Waals surface area contributed by atoms with Crippen molar-refractivity contribution in [2.24, 2.45) is 5.10 Å². The van der Waals surface area contributed by atoms with Crippen LogP contribution in [0.25, 0.3) is 0 Å². The Labute approximate surface area is 161 Å². The second-order valence-electron chi connectivity index (χ2n) is 5.54. The number of carbonyl (C=O) groups is 2. The van der Waals surface area contributed by atoms with Gasteiger partial charge in [-0.2, -0.15) is 5.10 Å². The lowest BCUT2D eigenvalue weighted by Gasteiger charge is -2.10. The lowest BCUT2D eigenvalue weighted by molar-refractivity contribution is -0.117. The van der Waals surface area contributed by atoms with Crippen LogP contribution in [-0.2, 0) is 4.79 Å². The molecular weight excluding hydrogens is 373 g/mol. The maximum absolute atomic E-state index is 12.3. The Hall–Kier alpha value is -2.63. The minimum Gasteiger partial charge on any atom is -0.317 e. The lowest BCUT2D eigenvalue weighted by Crippen LogP contribution is -2.33. The summed E-state index contributed by atoms with van der Waals surface area (Å²) in [5.74, 6) is -0.914. The van der Waals surface area contributed by atoms with Crippen LogP contribution in [0.2, 0.25) is 10.0 Å². The molecular formula is C19H17Cl2N3O2. The SMILES string of the molecule is CC(C)=C(NC(=O)c1ccccc1)C(=O)N/N=C\c1cccc(Cl)c1Cl. The number of hydrogen-bond donors (Lipinski definition) is 2.